The largest absolute Gasteiger partial charge is 0.489 e. The van der Waals surface area contributed by atoms with Crippen LogP contribution in [0.25, 0.3) is 0 Å². The number of ether oxygens (including phenoxy) is 1. The monoisotopic (exact) mass is 358 g/mol. The van der Waals surface area contributed by atoms with Crippen molar-refractivity contribution in [3.05, 3.63) is 62.8 Å². The highest BCUT2D eigenvalue weighted by Gasteiger charge is 2.02. The molecule has 0 aliphatic carbocycles. The highest BCUT2D eigenvalue weighted by atomic mass is 79.9. The van der Waals surface area contributed by atoms with Gasteiger partial charge in [0.05, 0.1) is 0 Å². The Labute approximate surface area is 116 Å². The summed E-state index contributed by atoms with van der Waals surface area (Å²) in [5.74, 6) is 0.522. The molecule has 17 heavy (non-hydrogen) atoms. The Morgan fingerprint density at radius 2 is 1.71 bits per heavy atom. The average Bonchev–Trinajstić information content (AvgIpc) is 2.30. The van der Waals surface area contributed by atoms with Crippen LogP contribution in [-0.2, 0) is 6.61 Å². The molecule has 1 nitrogen and oxygen atoms in total. The van der Waals surface area contributed by atoms with Crippen LogP contribution in [0.2, 0.25) is 0 Å². The van der Waals surface area contributed by atoms with E-state index in [0.29, 0.717) is 6.61 Å². The minimum atomic E-state index is -0.260. The second-order valence-corrected chi connectivity index (χ2v) is 5.25. The molecule has 0 bridgehead atoms. The third kappa shape index (κ3) is 3.54. The molecule has 0 N–H and O–H groups in total. The van der Waals surface area contributed by atoms with Gasteiger partial charge in [-0.25, -0.2) is 4.39 Å². The predicted octanol–water partition coefficient (Wildman–Crippen LogP) is 4.93. The summed E-state index contributed by atoms with van der Waals surface area (Å²) >= 11 is 6.66. The van der Waals surface area contributed by atoms with E-state index in [4.69, 9.17) is 4.74 Å². The highest BCUT2D eigenvalue weighted by molar-refractivity contribution is 9.10. The topological polar surface area (TPSA) is 9.23 Å². The molecule has 4 heteroatoms. The lowest BCUT2D eigenvalue weighted by Crippen LogP contribution is -1.96. The van der Waals surface area contributed by atoms with Crippen molar-refractivity contribution in [3.63, 3.8) is 0 Å². The van der Waals surface area contributed by atoms with Gasteiger partial charge in [0.2, 0.25) is 0 Å². The van der Waals surface area contributed by atoms with Crippen molar-refractivity contribution >= 4 is 31.9 Å². The van der Waals surface area contributed by atoms with Crippen molar-refractivity contribution in [2.75, 3.05) is 0 Å². The zero-order valence-corrected chi connectivity index (χ0v) is 12.0. The van der Waals surface area contributed by atoms with Crippen LogP contribution < -0.4 is 4.74 Å². The summed E-state index contributed by atoms with van der Waals surface area (Å²) in [4.78, 5) is 0. The Morgan fingerprint density at radius 3 is 2.35 bits per heavy atom. The van der Waals surface area contributed by atoms with E-state index in [1.54, 1.807) is 6.07 Å². The van der Waals surface area contributed by atoms with Gasteiger partial charge < -0.3 is 4.74 Å². The molecule has 0 heterocycles. The highest BCUT2D eigenvalue weighted by Crippen LogP contribution is 2.21. The second kappa shape index (κ2) is 5.65. The second-order valence-electron chi connectivity index (χ2n) is 3.48. The van der Waals surface area contributed by atoms with Crippen LogP contribution in [0.3, 0.4) is 0 Å². The lowest BCUT2D eigenvalue weighted by molar-refractivity contribution is 0.305. The first-order chi connectivity index (χ1) is 8.15. The summed E-state index contributed by atoms with van der Waals surface area (Å²) < 4.78 is 20.2. The summed E-state index contributed by atoms with van der Waals surface area (Å²) in [5.41, 5.74) is 0.911. The molecule has 0 saturated carbocycles. The van der Waals surface area contributed by atoms with Crippen LogP contribution in [0.1, 0.15) is 5.56 Å². The van der Waals surface area contributed by atoms with Crippen LogP contribution in [-0.4, -0.2) is 0 Å². The van der Waals surface area contributed by atoms with Crippen LogP contribution in [0.4, 0.5) is 4.39 Å². The number of benzene rings is 2. The molecule has 88 valence electrons. The van der Waals surface area contributed by atoms with Crippen molar-refractivity contribution in [1.82, 2.24) is 0 Å². The lowest BCUT2D eigenvalue weighted by atomic mass is 10.2. The van der Waals surface area contributed by atoms with Gasteiger partial charge in [0.1, 0.15) is 18.2 Å². The first-order valence-electron chi connectivity index (χ1n) is 4.97. The molecule has 0 atom stereocenters. The zero-order chi connectivity index (χ0) is 12.3. The molecule has 2 rings (SSSR count). The van der Waals surface area contributed by atoms with E-state index in [2.05, 4.69) is 31.9 Å². The summed E-state index contributed by atoms with van der Waals surface area (Å²) in [6.07, 6.45) is 0. The van der Waals surface area contributed by atoms with Gasteiger partial charge in [-0.05, 0) is 36.4 Å². The molecule has 0 amide bonds. The molecule has 0 fully saturated rings. The number of hydrogen-bond donors (Lipinski definition) is 0. The normalized spacial score (nSPS) is 10.3. The number of halogens is 3. The first kappa shape index (κ1) is 12.6. The molecule has 0 aromatic heterocycles. The average molecular weight is 360 g/mol. The molecule has 2 aromatic rings. The van der Waals surface area contributed by atoms with Crippen molar-refractivity contribution in [1.29, 1.82) is 0 Å². The third-order valence-electron chi connectivity index (χ3n) is 2.22. The van der Waals surface area contributed by atoms with Crippen molar-refractivity contribution < 1.29 is 9.13 Å². The van der Waals surface area contributed by atoms with E-state index in [1.165, 1.54) is 12.1 Å². The Hall–Kier alpha value is -0.870. The SMILES string of the molecule is Fc1ccc(COc2ccc(Br)cc2)c(Br)c1. The fraction of sp³-hybridized carbons (Fsp3) is 0.0769. The molecule has 2 aromatic carbocycles. The maximum atomic E-state index is 12.9. The van der Waals surface area contributed by atoms with E-state index in [1.807, 2.05) is 24.3 Å². The van der Waals surface area contributed by atoms with Crippen LogP contribution in [0.15, 0.2) is 51.4 Å². The quantitative estimate of drug-likeness (QED) is 0.754. The maximum Gasteiger partial charge on any atom is 0.124 e. The van der Waals surface area contributed by atoms with Crippen molar-refractivity contribution in [2.45, 2.75) is 6.61 Å². The smallest absolute Gasteiger partial charge is 0.124 e. The third-order valence-corrected chi connectivity index (χ3v) is 3.49. The minimum Gasteiger partial charge on any atom is -0.489 e. The maximum absolute atomic E-state index is 12.9. The van der Waals surface area contributed by atoms with Gasteiger partial charge in [0, 0.05) is 14.5 Å². The van der Waals surface area contributed by atoms with Gasteiger partial charge >= 0.3 is 0 Å². The molecule has 0 aliphatic rings. The van der Waals surface area contributed by atoms with E-state index < -0.39 is 0 Å². The van der Waals surface area contributed by atoms with Gasteiger partial charge in [-0.15, -0.1) is 0 Å². The Kier molecular flexibility index (Phi) is 4.18. The molecular formula is C13H9Br2FO. The van der Waals surface area contributed by atoms with Crippen LogP contribution in [0.5, 0.6) is 5.75 Å². The number of hydrogen-bond acceptors (Lipinski definition) is 1. The molecule has 0 spiro atoms. The van der Waals surface area contributed by atoms with Crippen LogP contribution in [0, 0.1) is 5.82 Å². The molecule has 0 saturated heterocycles. The van der Waals surface area contributed by atoms with Gasteiger partial charge in [-0.3, -0.25) is 0 Å². The molecule has 0 aliphatic heterocycles. The van der Waals surface area contributed by atoms with Crippen LogP contribution >= 0.6 is 31.9 Å². The molecular weight excluding hydrogens is 351 g/mol. The van der Waals surface area contributed by atoms with E-state index in [9.17, 15) is 4.39 Å². The summed E-state index contributed by atoms with van der Waals surface area (Å²) in [6.45, 7) is 0.405. The van der Waals surface area contributed by atoms with Gasteiger partial charge in [-0.2, -0.15) is 0 Å². The van der Waals surface area contributed by atoms with Crippen molar-refractivity contribution in [2.24, 2.45) is 0 Å². The summed E-state index contributed by atoms with van der Waals surface area (Å²) in [6, 6.07) is 12.1. The number of rotatable bonds is 3. The molecule has 0 radical (unpaired) electrons. The fourth-order valence-corrected chi connectivity index (χ4v) is 2.06. The first-order valence-corrected chi connectivity index (χ1v) is 6.56. The zero-order valence-electron chi connectivity index (χ0n) is 8.79. The molecule has 0 unspecified atom stereocenters. The lowest BCUT2D eigenvalue weighted by Gasteiger charge is -2.08. The van der Waals surface area contributed by atoms with E-state index in [0.717, 1.165) is 20.3 Å². The van der Waals surface area contributed by atoms with E-state index >= 15 is 0 Å². The van der Waals surface area contributed by atoms with Gasteiger partial charge in [0.15, 0.2) is 0 Å². The Morgan fingerprint density at radius 1 is 1.00 bits per heavy atom. The predicted molar refractivity (Wildman–Crippen MR) is 72.6 cm³/mol. The van der Waals surface area contributed by atoms with Gasteiger partial charge in [-0.1, -0.05) is 37.9 Å². The Bertz CT molecular complexity index is 511. The fourth-order valence-electron chi connectivity index (χ4n) is 1.33. The van der Waals surface area contributed by atoms with E-state index in [-0.39, 0.29) is 5.82 Å². The summed E-state index contributed by atoms with van der Waals surface area (Å²) in [5, 5.41) is 0. The minimum absolute atomic E-state index is 0.260. The Balaban J connectivity index is 2.04. The van der Waals surface area contributed by atoms with Crippen molar-refractivity contribution in [3.8, 4) is 5.75 Å². The summed E-state index contributed by atoms with van der Waals surface area (Å²) in [7, 11) is 0. The standard InChI is InChI=1S/C13H9Br2FO/c14-10-2-5-12(6-3-10)17-8-9-1-4-11(16)7-13(9)15/h1-7H,8H2. The van der Waals surface area contributed by atoms with Gasteiger partial charge in [0.25, 0.3) is 0 Å².